The van der Waals surface area contributed by atoms with Crippen LogP contribution >= 0.6 is 23.2 Å². The predicted molar refractivity (Wildman–Crippen MR) is 75.4 cm³/mol. The van der Waals surface area contributed by atoms with Gasteiger partial charge in [-0.15, -0.1) is 0 Å². The maximum atomic E-state index is 10.7. The first kappa shape index (κ1) is 13.6. The van der Waals surface area contributed by atoms with Crippen LogP contribution in [0.4, 0.5) is 5.69 Å². The van der Waals surface area contributed by atoms with Crippen LogP contribution in [-0.4, -0.2) is 16.1 Å². The van der Waals surface area contributed by atoms with Gasteiger partial charge in [-0.05, 0) is 30.3 Å². The van der Waals surface area contributed by atoms with E-state index in [9.17, 15) is 4.79 Å². The maximum Gasteiger partial charge on any atom is 0.309 e. The molecule has 0 aliphatic rings. The summed E-state index contributed by atoms with van der Waals surface area (Å²) in [5, 5.41) is 9.70. The number of rotatable bonds is 3. The van der Waals surface area contributed by atoms with Gasteiger partial charge in [-0.2, -0.15) is 0 Å². The number of carboxylic acid groups (broad SMARTS) is 1. The highest BCUT2D eigenvalue weighted by Crippen LogP contribution is 2.32. The number of halogens is 2. The van der Waals surface area contributed by atoms with E-state index < -0.39 is 5.97 Å². The zero-order valence-electron chi connectivity index (χ0n) is 9.73. The first-order valence-corrected chi connectivity index (χ1v) is 6.15. The summed E-state index contributed by atoms with van der Waals surface area (Å²) in [4.78, 5) is 14.9. The van der Waals surface area contributed by atoms with Crippen LogP contribution in [0.15, 0.2) is 30.3 Å². The fourth-order valence-electron chi connectivity index (χ4n) is 1.66. The average molecular weight is 297 g/mol. The Hall–Kier alpha value is -1.78. The molecule has 0 amide bonds. The Morgan fingerprint density at radius 1 is 1.26 bits per heavy atom. The van der Waals surface area contributed by atoms with E-state index in [1.165, 1.54) is 0 Å². The molecule has 0 aliphatic heterocycles. The van der Waals surface area contributed by atoms with Gasteiger partial charge in [0.15, 0.2) is 0 Å². The lowest BCUT2D eigenvalue weighted by Gasteiger charge is -2.09. The summed E-state index contributed by atoms with van der Waals surface area (Å²) in [7, 11) is 0. The number of benzene rings is 1. The van der Waals surface area contributed by atoms with Gasteiger partial charge in [-0.25, -0.2) is 4.98 Å². The zero-order chi connectivity index (χ0) is 14.0. The van der Waals surface area contributed by atoms with Gasteiger partial charge in [0.25, 0.3) is 0 Å². The van der Waals surface area contributed by atoms with Gasteiger partial charge in [0, 0.05) is 10.6 Å². The number of anilines is 1. The second-order valence-electron chi connectivity index (χ2n) is 3.94. The summed E-state index contributed by atoms with van der Waals surface area (Å²) in [5.41, 5.74) is 7.79. The molecule has 2 aromatic rings. The van der Waals surface area contributed by atoms with Gasteiger partial charge in [0.2, 0.25) is 0 Å². The van der Waals surface area contributed by atoms with Crippen molar-refractivity contribution in [3.8, 4) is 11.3 Å². The predicted octanol–water partition coefficient (Wildman–Crippen LogP) is 3.26. The van der Waals surface area contributed by atoms with Gasteiger partial charge in [-0.3, -0.25) is 4.79 Å². The van der Waals surface area contributed by atoms with Gasteiger partial charge in [-0.1, -0.05) is 23.2 Å². The van der Waals surface area contributed by atoms with Crippen molar-refractivity contribution in [1.82, 2.24) is 4.98 Å². The van der Waals surface area contributed by atoms with Gasteiger partial charge >= 0.3 is 5.97 Å². The van der Waals surface area contributed by atoms with Gasteiger partial charge in [0.1, 0.15) is 0 Å². The van der Waals surface area contributed by atoms with Crippen molar-refractivity contribution in [3.63, 3.8) is 0 Å². The maximum absolute atomic E-state index is 10.7. The van der Waals surface area contributed by atoms with Gasteiger partial charge in [0.05, 0.1) is 28.5 Å². The molecule has 0 saturated carbocycles. The minimum absolute atomic E-state index is 0.168. The number of nitrogens with zero attached hydrogens (tertiary/aromatic N) is 1. The fraction of sp³-hybridized carbons (Fsp3) is 0.0769. The summed E-state index contributed by atoms with van der Waals surface area (Å²) in [5.74, 6) is -0.953. The Balaban J connectivity index is 2.51. The second-order valence-corrected chi connectivity index (χ2v) is 4.78. The standard InChI is InChI=1S/C13H10Cl2N2O2/c14-7-1-3-9(10(15)5-7)13-11(16)4-2-8(17-13)6-12(18)19/h1-5H,6,16H2,(H,18,19). The van der Waals surface area contributed by atoms with Gasteiger partial charge < -0.3 is 10.8 Å². The van der Waals surface area contributed by atoms with Crippen molar-refractivity contribution in [1.29, 1.82) is 0 Å². The van der Waals surface area contributed by atoms with Crippen LogP contribution < -0.4 is 5.73 Å². The molecule has 4 nitrogen and oxygen atoms in total. The first-order chi connectivity index (χ1) is 8.97. The topological polar surface area (TPSA) is 76.2 Å². The third-order valence-corrected chi connectivity index (χ3v) is 3.05. The highest BCUT2D eigenvalue weighted by atomic mass is 35.5. The molecule has 0 spiro atoms. The first-order valence-electron chi connectivity index (χ1n) is 5.40. The molecule has 2 rings (SSSR count). The number of carboxylic acids is 1. The highest BCUT2D eigenvalue weighted by molar-refractivity contribution is 6.36. The lowest BCUT2D eigenvalue weighted by Crippen LogP contribution is -2.04. The van der Waals surface area contributed by atoms with Crippen molar-refractivity contribution in [2.75, 3.05) is 5.73 Å². The molecule has 0 radical (unpaired) electrons. The summed E-state index contributed by atoms with van der Waals surface area (Å²) in [6.45, 7) is 0. The van der Waals surface area contributed by atoms with Crippen LogP contribution in [-0.2, 0) is 11.2 Å². The number of hydrogen-bond donors (Lipinski definition) is 2. The minimum Gasteiger partial charge on any atom is -0.481 e. The molecule has 19 heavy (non-hydrogen) atoms. The third-order valence-electron chi connectivity index (χ3n) is 2.50. The summed E-state index contributed by atoms with van der Waals surface area (Å²) in [6, 6.07) is 8.16. The molecule has 6 heteroatoms. The van der Waals surface area contributed by atoms with E-state index in [-0.39, 0.29) is 6.42 Å². The van der Waals surface area contributed by atoms with Crippen molar-refractivity contribution in [2.45, 2.75) is 6.42 Å². The summed E-state index contributed by atoms with van der Waals surface area (Å²) < 4.78 is 0. The van der Waals surface area contributed by atoms with E-state index in [1.54, 1.807) is 30.3 Å². The SMILES string of the molecule is Nc1ccc(CC(=O)O)nc1-c1ccc(Cl)cc1Cl. The van der Waals surface area contributed by atoms with E-state index in [1.807, 2.05) is 0 Å². The Labute approximate surface area is 119 Å². The number of nitrogen functional groups attached to an aromatic ring is 1. The summed E-state index contributed by atoms with van der Waals surface area (Å²) >= 11 is 11.9. The quantitative estimate of drug-likeness (QED) is 0.911. The van der Waals surface area contributed by atoms with E-state index in [0.717, 1.165) is 0 Å². The van der Waals surface area contributed by atoms with Crippen LogP contribution in [0.1, 0.15) is 5.69 Å². The van der Waals surface area contributed by atoms with Crippen molar-refractivity contribution in [2.24, 2.45) is 0 Å². The van der Waals surface area contributed by atoms with Crippen LogP contribution in [0.25, 0.3) is 11.3 Å². The Bertz CT molecular complexity index is 645. The van der Waals surface area contributed by atoms with Crippen molar-refractivity contribution >= 4 is 34.9 Å². The molecule has 0 fully saturated rings. The molecular formula is C13H10Cl2N2O2. The van der Waals surface area contributed by atoms with Crippen molar-refractivity contribution < 1.29 is 9.90 Å². The Kier molecular flexibility index (Phi) is 3.93. The average Bonchev–Trinajstić information content (AvgIpc) is 2.31. The smallest absolute Gasteiger partial charge is 0.309 e. The number of hydrogen-bond acceptors (Lipinski definition) is 3. The number of nitrogens with two attached hydrogens (primary N) is 1. The molecule has 1 aromatic heterocycles. The van der Waals surface area contributed by atoms with E-state index >= 15 is 0 Å². The normalized spacial score (nSPS) is 10.4. The largest absolute Gasteiger partial charge is 0.481 e. The zero-order valence-corrected chi connectivity index (χ0v) is 11.2. The molecule has 0 atom stereocenters. The molecule has 1 heterocycles. The van der Waals surface area contributed by atoms with E-state index in [0.29, 0.717) is 32.7 Å². The van der Waals surface area contributed by atoms with E-state index in [4.69, 9.17) is 34.0 Å². The van der Waals surface area contributed by atoms with Crippen LogP contribution in [0.2, 0.25) is 10.0 Å². The third kappa shape index (κ3) is 3.16. The molecule has 0 bridgehead atoms. The number of pyridine rings is 1. The number of aliphatic carboxylic acids is 1. The van der Waals surface area contributed by atoms with Crippen molar-refractivity contribution in [3.05, 3.63) is 46.1 Å². The van der Waals surface area contributed by atoms with E-state index in [2.05, 4.69) is 4.98 Å². The van der Waals surface area contributed by atoms with Crippen LogP contribution in [0, 0.1) is 0 Å². The molecule has 0 aliphatic carbocycles. The molecular weight excluding hydrogens is 287 g/mol. The number of carbonyl (C=O) groups is 1. The lowest BCUT2D eigenvalue weighted by molar-refractivity contribution is -0.136. The highest BCUT2D eigenvalue weighted by Gasteiger charge is 2.11. The minimum atomic E-state index is -0.953. The number of aromatic nitrogens is 1. The monoisotopic (exact) mass is 296 g/mol. The molecule has 3 N–H and O–H groups in total. The van der Waals surface area contributed by atoms with Crippen LogP contribution in [0.5, 0.6) is 0 Å². The molecule has 98 valence electrons. The lowest BCUT2D eigenvalue weighted by atomic mass is 10.1. The summed E-state index contributed by atoms with van der Waals surface area (Å²) in [6.07, 6.45) is -0.168. The Morgan fingerprint density at radius 2 is 2.00 bits per heavy atom. The van der Waals surface area contributed by atoms with Crippen LogP contribution in [0.3, 0.4) is 0 Å². The molecule has 0 unspecified atom stereocenters. The molecule has 0 saturated heterocycles. The molecule has 1 aromatic carbocycles. The Morgan fingerprint density at radius 3 is 2.63 bits per heavy atom. The second kappa shape index (κ2) is 5.47. The fourth-order valence-corrected chi connectivity index (χ4v) is 2.16.